The Kier molecular flexibility index (Phi) is 3.74. The molecule has 0 aliphatic heterocycles. The summed E-state index contributed by atoms with van der Waals surface area (Å²) in [6.07, 6.45) is -0.687. The van der Waals surface area contributed by atoms with Crippen LogP contribution in [-0.4, -0.2) is 26.4 Å². The van der Waals surface area contributed by atoms with Crippen LogP contribution in [0.1, 0.15) is 29.4 Å². The highest BCUT2D eigenvalue weighted by atomic mass is 16.6. The minimum Gasteiger partial charge on any atom is -0.448 e. The maximum atomic E-state index is 12.4. The van der Waals surface area contributed by atoms with Crippen molar-refractivity contribution in [3.63, 3.8) is 0 Å². The van der Waals surface area contributed by atoms with E-state index in [9.17, 15) is 4.79 Å². The standard InChI is InChI=1S/C18H14N4O3/c1-11(16-21-22-17(25-16)12-7-3-2-4-8-12)24-18(23)15-13-9-5-6-10-14(13)19-20-15/h2-11H,1H3,(H,19,20)/t11-/m1/s1. The fourth-order valence-corrected chi connectivity index (χ4v) is 2.48. The van der Waals surface area contributed by atoms with Crippen LogP contribution in [0.3, 0.4) is 0 Å². The van der Waals surface area contributed by atoms with Gasteiger partial charge in [0.15, 0.2) is 11.8 Å². The smallest absolute Gasteiger partial charge is 0.360 e. The molecule has 0 aliphatic rings. The quantitative estimate of drug-likeness (QED) is 0.574. The van der Waals surface area contributed by atoms with E-state index in [1.165, 1.54) is 0 Å². The van der Waals surface area contributed by atoms with Gasteiger partial charge in [-0.1, -0.05) is 36.4 Å². The van der Waals surface area contributed by atoms with E-state index in [1.807, 2.05) is 48.5 Å². The normalized spacial score (nSPS) is 12.2. The second-order valence-corrected chi connectivity index (χ2v) is 5.48. The summed E-state index contributed by atoms with van der Waals surface area (Å²) >= 11 is 0. The number of hydrogen-bond donors (Lipinski definition) is 1. The van der Waals surface area contributed by atoms with Gasteiger partial charge in [0.2, 0.25) is 5.89 Å². The van der Waals surface area contributed by atoms with Gasteiger partial charge >= 0.3 is 5.97 Å². The van der Waals surface area contributed by atoms with E-state index in [4.69, 9.17) is 9.15 Å². The number of carbonyl (C=O) groups excluding carboxylic acids is 1. The van der Waals surface area contributed by atoms with E-state index >= 15 is 0 Å². The van der Waals surface area contributed by atoms with E-state index in [2.05, 4.69) is 20.4 Å². The van der Waals surface area contributed by atoms with Gasteiger partial charge in [0.1, 0.15) is 0 Å². The number of esters is 1. The second-order valence-electron chi connectivity index (χ2n) is 5.48. The molecule has 2 aromatic carbocycles. The first-order valence-electron chi connectivity index (χ1n) is 7.75. The van der Waals surface area contributed by atoms with Crippen molar-refractivity contribution in [3.05, 3.63) is 66.2 Å². The monoisotopic (exact) mass is 334 g/mol. The molecule has 1 N–H and O–H groups in total. The molecule has 0 spiro atoms. The minimum absolute atomic E-state index is 0.227. The summed E-state index contributed by atoms with van der Waals surface area (Å²) in [6.45, 7) is 1.68. The highest BCUT2D eigenvalue weighted by Gasteiger charge is 2.22. The van der Waals surface area contributed by atoms with Crippen LogP contribution in [0.4, 0.5) is 0 Å². The molecule has 1 atom stereocenters. The molecule has 0 saturated carbocycles. The van der Waals surface area contributed by atoms with Gasteiger partial charge in [0, 0.05) is 10.9 Å². The predicted molar refractivity (Wildman–Crippen MR) is 89.7 cm³/mol. The van der Waals surface area contributed by atoms with Gasteiger partial charge in [0.05, 0.1) is 5.52 Å². The van der Waals surface area contributed by atoms with Crippen molar-refractivity contribution < 1.29 is 13.9 Å². The van der Waals surface area contributed by atoms with Gasteiger partial charge in [-0.2, -0.15) is 5.10 Å². The number of hydrogen-bond acceptors (Lipinski definition) is 6. The molecule has 4 aromatic rings. The van der Waals surface area contributed by atoms with Crippen molar-refractivity contribution in [2.75, 3.05) is 0 Å². The third-order valence-electron chi connectivity index (χ3n) is 3.76. The van der Waals surface area contributed by atoms with Crippen LogP contribution >= 0.6 is 0 Å². The largest absolute Gasteiger partial charge is 0.448 e. The van der Waals surface area contributed by atoms with Crippen LogP contribution in [0.2, 0.25) is 0 Å². The SMILES string of the molecule is C[C@@H](OC(=O)c1n[nH]c2ccccc12)c1nnc(-c2ccccc2)o1. The topological polar surface area (TPSA) is 93.9 Å². The van der Waals surface area contributed by atoms with Gasteiger partial charge < -0.3 is 9.15 Å². The summed E-state index contributed by atoms with van der Waals surface area (Å²) in [7, 11) is 0. The molecular formula is C18H14N4O3. The summed E-state index contributed by atoms with van der Waals surface area (Å²) in [4.78, 5) is 12.4. The van der Waals surface area contributed by atoms with Crippen molar-refractivity contribution in [2.24, 2.45) is 0 Å². The summed E-state index contributed by atoms with van der Waals surface area (Å²) in [5.74, 6) is 0.0557. The number of aromatic nitrogens is 4. The fraction of sp³-hybridized carbons (Fsp3) is 0.111. The molecule has 0 amide bonds. The van der Waals surface area contributed by atoms with Crippen LogP contribution in [-0.2, 0) is 4.74 Å². The molecule has 0 aliphatic carbocycles. The Morgan fingerprint density at radius 3 is 2.68 bits per heavy atom. The highest BCUT2D eigenvalue weighted by Crippen LogP contribution is 2.24. The third-order valence-corrected chi connectivity index (χ3v) is 3.76. The number of fused-ring (bicyclic) bond motifs is 1. The number of benzene rings is 2. The van der Waals surface area contributed by atoms with Gasteiger partial charge in [-0.25, -0.2) is 4.79 Å². The summed E-state index contributed by atoms with van der Waals surface area (Å²) in [5, 5.41) is 15.5. The number of carbonyl (C=O) groups is 1. The zero-order valence-electron chi connectivity index (χ0n) is 13.3. The van der Waals surface area contributed by atoms with Crippen molar-refractivity contribution in [3.8, 4) is 11.5 Å². The number of H-pyrrole nitrogens is 1. The predicted octanol–water partition coefficient (Wildman–Crippen LogP) is 3.53. The Bertz CT molecular complexity index is 1020. The number of ether oxygens (including phenoxy) is 1. The molecule has 2 aromatic heterocycles. The molecule has 0 radical (unpaired) electrons. The molecule has 4 rings (SSSR count). The number of nitrogens with one attached hydrogen (secondary N) is 1. The average Bonchev–Trinajstić information content (AvgIpc) is 3.30. The fourth-order valence-electron chi connectivity index (χ4n) is 2.48. The number of aromatic amines is 1. The highest BCUT2D eigenvalue weighted by molar-refractivity contribution is 6.01. The summed E-state index contributed by atoms with van der Waals surface area (Å²) in [5.41, 5.74) is 1.80. The van der Waals surface area contributed by atoms with Crippen molar-refractivity contribution >= 4 is 16.9 Å². The van der Waals surface area contributed by atoms with E-state index in [-0.39, 0.29) is 11.6 Å². The lowest BCUT2D eigenvalue weighted by Gasteiger charge is -2.07. The molecular weight excluding hydrogens is 320 g/mol. The van der Waals surface area contributed by atoms with Gasteiger partial charge in [-0.05, 0) is 25.1 Å². The first-order valence-corrected chi connectivity index (χ1v) is 7.75. The maximum Gasteiger partial charge on any atom is 0.360 e. The molecule has 0 fully saturated rings. The van der Waals surface area contributed by atoms with Crippen molar-refractivity contribution in [1.82, 2.24) is 20.4 Å². The van der Waals surface area contributed by atoms with Gasteiger partial charge in [-0.3, -0.25) is 5.10 Å². The van der Waals surface area contributed by atoms with E-state index in [0.29, 0.717) is 11.3 Å². The molecule has 7 heteroatoms. The Morgan fingerprint density at radius 2 is 1.84 bits per heavy atom. The summed E-state index contributed by atoms with van der Waals surface area (Å²) in [6, 6.07) is 16.7. The Morgan fingerprint density at radius 1 is 1.08 bits per heavy atom. The van der Waals surface area contributed by atoms with Crippen LogP contribution in [0.15, 0.2) is 59.0 Å². The average molecular weight is 334 g/mol. The van der Waals surface area contributed by atoms with Crippen molar-refractivity contribution in [1.29, 1.82) is 0 Å². The lowest BCUT2D eigenvalue weighted by molar-refractivity contribution is 0.0275. The van der Waals surface area contributed by atoms with Crippen molar-refractivity contribution in [2.45, 2.75) is 13.0 Å². The van der Waals surface area contributed by atoms with Gasteiger partial charge in [0.25, 0.3) is 5.89 Å². The van der Waals surface area contributed by atoms with Gasteiger partial charge in [-0.15, -0.1) is 10.2 Å². The Labute approximate surface area is 142 Å². The van der Waals surface area contributed by atoms with Crippen LogP contribution in [0.25, 0.3) is 22.4 Å². The molecule has 0 saturated heterocycles. The summed E-state index contributed by atoms with van der Waals surface area (Å²) < 4.78 is 11.0. The third kappa shape index (κ3) is 2.87. The van der Waals surface area contributed by atoms with Crippen LogP contribution in [0, 0.1) is 0 Å². The molecule has 0 unspecified atom stereocenters. The Balaban J connectivity index is 1.53. The zero-order valence-corrected chi connectivity index (χ0v) is 13.3. The second kappa shape index (κ2) is 6.20. The number of para-hydroxylation sites is 1. The van der Waals surface area contributed by atoms with E-state index < -0.39 is 12.1 Å². The first kappa shape index (κ1) is 15.1. The molecule has 124 valence electrons. The lowest BCUT2D eigenvalue weighted by atomic mass is 10.2. The number of rotatable bonds is 4. The van der Waals surface area contributed by atoms with E-state index in [0.717, 1.165) is 11.1 Å². The number of nitrogens with zero attached hydrogens (tertiary/aromatic N) is 3. The Hall–Kier alpha value is -3.48. The van der Waals surface area contributed by atoms with Crippen LogP contribution < -0.4 is 0 Å². The molecule has 7 nitrogen and oxygen atoms in total. The molecule has 0 bridgehead atoms. The lowest BCUT2D eigenvalue weighted by Crippen LogP contribution is -2.10. The minimum atomic E-state index is -0.687. The zero-order chi connectivity index (χ0) is 17.2. The maximum absolute atomic E-state index is 12.4. The molecule has 2 heterocycles. The molecule has 25 heavy (non-hydrogen) atoms. The first-order chi connectivity index (χ1) is 12.2. The van der Waals surface area contributed by atoms with Crippen LogP contribution in [0.5, 0.6) is 0 Å². The van der Waals surface area contributed by atoms with E-state index in [1.54, 1.807) is 13.0 Å².